The topological polar surface area (TPSA) is 52.7 Å². The number of urea groups is 1. The molecule has 5 nitrogen and oxygen atoms in total. The Kier molecular flexibility index (Phi) is 4.58. The Morgan fingerprint density at radius 2 is 1.94 bits per heavy atom. The second-order valence-electron chi connectivity index (χ2n) is 4.26. The molecule has 92 valence electrons. The molecule has 0 aliphatic carbocycles. The van der Waals surface area contributed by atoms with E-state index in [1.165, 1.54) is 6.92 Å². The number of amides is 3. The Balaban J connectivity index is 2.37. The van der Waals surface area contributed by atoms with Crippen molar-refractivity contribution in [3.05, 3.63) is 0 Å². The number of carbonyl (C=O) groups excluding carboxylic acids is 2. The molecule has 1 aliphatic heterocycles. The zero-order chi connectivity index (χ0) is 12.1. The molecule has 0 saturated carbocycles. The van der Waals surface area contributed by atoms with Gasteiger partial charge in [-0.15, -0.1) is 0 Å². The summed E-state index contributed by atoms with van der Waals surface area (Å²) in [5, 5.41) is 2.89. The summed E-state index contributed by atoms with van der Waals surface area (Å²) >= 11 is 0. The van der Waals surface area contributed by atoms with Gasteiger partial charge in [0, 0.05) is 39.6 Å². The Labute approximate surface area is 96.8 Å². The van der Waals surface area contributed by atoms with Crippen LogP contribution in [0.2, 0.25) is 0 Å². The molecule has 16 heavy (non-hydrogen) atoms. The van der Waals surface area contributed by atoms with Crippen LogP contribution in [0.3, 0.4) is 0 Å². The summed E-state index contributed by atoms with van der Waals surface area (Å²) < 4.78 is 0. The van der Waals surface area contributed by atoms with Crippen LogP contribution in [0.15, 0.2) is 0 Å². The largest absolute Gasteiger partial charge is 0.353 e. The Bertz CT molecular complexity index is 260. The summed E-state index contributed by atoms with van der Waals surface area (Å²) in [7, 11) is 1.81. The third kappa shape index (κ3) is 3.40. The number of rotatable bonds is 2. The average molecular weight is 227 g/mol. The summed E-state index contributed by atoms with van der Waals surface area (Å²) in [4.78, 5) is 26.3. The van der Waals surface area contributed by atoms with Crippen molar-refractivity contribution >= 4 is 11.9 Å². The van der Waals surface area contributed by atoms with Gasteiger partial charge in [0.15, 0.2) is 0 Å². The quantitative estimate of drug-likeness (QED) is 0.753. The fraction of sp³-hybridized carbons (Fsp3) is 0.818. The first-order valence-electron chi connectivity index (χ1n) is 5.81. The molecule has 1 rings (SSSR count). The van der Waals surface area contributed by atoms with E-state index >= 15 is 0 Å². The summed E-state index contributed by atoms with van der Waals surface area (Å²) in [6.45, 7) is 5.68. The van der Waals surface area contributed by atoms with Gasteiger partial charge >= 0.3 is 6.03 Å². The van der Waals surface area contributed by atoms with Gasteiger partial charge in [-0.3, -0.25) is 4.79 Å². The molecule has 3 amide bonds. The van der Waals surface area contributed by atoms with Gasteiger partial charge < -0.3 is 15.1 Å². The molecule has 1 heterocycles. The SMILES string of the molecule is CCN(C)C(=O)N1CCC(NC(C)=O)CC1. The highest BCUT2D eigenvalue weighted by Crippen LogP contribution is 2.11. The van der Waals surface area contributed by atoms with Crippen LogP contribution in [-0.2, 0) is 4.79 Å². The molecule has 5 heteroatoms. The van der Waals surface area contributed by atoms with Crippen LogP contribution in [-0.4, -0.2) is 54.5 Å². The Morgan fingerprint density at radius 3 is 2.38 bits per heavy atom. The lowest BCUT2D eigenvalue weighted by Crippen LogP contribution is -2.49. The normalized spacial score (nSPS) is 17.1. The molecule has 0 atom stereocenters. The molecule has 0 aromatic carbocycles. The van der Waals surface area contributed by atoms with Gasteiger partial charge in [-0.25, -0.2) is 4.79 Å². The molecule has 0 aromatic rings. The highest BCUT2D eigenvalue weighted by Gasteiger charge is 2.24. The van der Waals surface area contributed by atoms with Crippen molar-refractivity contribution in [3.8, 4) is 0 Å². The van der Waals surface area contributed by atoms with Crippen molar-refractivity contribution in [2.45, 2.75) is 32.7 Å². The molecule has 1 saturated heterocycles. The lowest BCUT2D eigenvalue weighted by atomic mass is 10.1. The number of likely N-dealkylation sites (tertiary alicyclic amines) is 1. The van der Waals surface area contributed by atoms with Gasteiger partial charge in [-0.2, -0.15) is 0 Å². The Hall–Kier alpha value is -1.26. The maximum atomic E-state index is 11.8. The molecular weight excluding hydrogens is 206 g/mol. The van der Waals surface area contributed by atoms with E-state index < -0.39 is 0 Å². The zero-order valence-electron chi connectivity index (χ0n) is 10.3. The van der Waals surface area contributed by atoms with E-state index in [4.69, 9.17) is 0 Å². The van der Waals surface area contributed by atoms with Crippen molar-refractivity contribution in [2.75, 3.05) is 26.7 Å². The van der Waals surface area contributed by atoms with Gasteiger partial charge in [0.2, 0.25) is 5.91 Å². The van der Waals surface area contributed by atoms with E-state index in [1.54, 1.807) is 4.90 Å². The summed E-state index contributed by atoms with van der Waals surface area (Å²) in [5.74, 6) is 0.00968. The first-order valence-corrected chi connectivity index (χ1v) is 5.81. The fourth-order valence-electron chi connectivity index (χ4n) is 1.88. The predicted molar refractivity (Wildman–Crippen MR) is 62.1 cm³/mol. The van der Waals surface area contributed by atoms with E-state index in [9.17, 15) is 9.59 Å². The van der Waals surface area contributed by atoms with Gasteiger partial charge in [0.1, 0.15) is 0 Å². The van der Waals surface area contributed by atoms with Gasteiger partial charge in [-0.05, 0) is 19.8 Å². The number of nitrogens with zero attached hydrogens (tertiary/aromatic N) is 2. The predicted octanol–water partition coefficient (Wildman–Crippen LogP) is 0.659. The monoisotopic (exact) mass is 227 g/mol. The molecule has 0 radical (unpaired) electrons. The van der Waals surface area contributed by atoms with Gasteiger partial charge in [-0.1, -0.05) is 0 Å². The summed E-state index contributed by atoms with van der Waals surface area (Å²) in [5.41, 5.74) is 0. The van der Waals surface area contributed by atoms with Crippen molar-refractivity contribution in [1.29, 1.82) is 0 Å². The minimum absolute atomic E-state index is 0.00968. The summed E-state index contributed by atoms with van der Waals surface area (Å²) in [6.07, 6.45) is 1.70. The van der Waals surface area contributed by atoms with Crippen LogP contribution >= 0.6 is 0 Å². The summed E-state index contributed by atoms with van der Waals surface area (Å²) in [6, 6.07) is 0.317. The van der Waals surface area contributed by atoms with E-state index in [1.807, 2.05) is 18.9 Å². The molecule has 0 unspecified atom stereocenters. The van der Waals surface area contributed by atoms with Gasteiger partial charge in [0.25, 0.3) is 0 Å². The van der Waals surface area contributed by atoms with Crippen molar-refractivity contribution in [2.24, 2.45) is 0 Å². The van der Waals surface area contributed by atoms with E-state index in [2.05, 4.69) is 5.32 Å². The highest BCUT2D eigenvalue weighted by molar-refractivity contribution is 5.74. The minimum Gasteiger partial charge on any atom is -0.353 e. The fourth-order valence-corrected chi connectivity index (χ4v) is 1.88. The standard InChI is InChI=1S/C11H21N3O2/c1-4-13(3)11(16)14-7-5-10(6-8-14)12-9(2)15/h10H,4-8H2,1-3H3,(H,12,15). The van der Waals surface area contributed by atoms with Crippen LogP contribution in [0.4, 0.5) is 4.79 Å². The molecule has 1 aliphatic rings. The number of hydrogen-bond acceptors (Lipinski definition) is 2. The Morgan fingerprint density at radius 1 is 1.38 bits per heavy atom. The van der Waals surface area contributed by atoms with Crippen LogP contribution in [0.1, 0.15) is 26.7 Å². The lowest BCUT2D eigenvalue weighted by molar-refractivity contribution is -0.119. The van der Waals surface area contributed by atoms with E-state index in [-0.39, 0.29) is 18.0 Å². The number of piperidine rings is 1. The smallest absolute Gasteiger partial charge is 0.319 e. The second kappa shape index (κ2) is 5.72. The maximum absolute atomic E-state index is 11.8. The van der Waals surface area contributed by atoms with Crippen molar-refractivity contribution in [1.82, 2.24) is 15.1 Å². The third-order valence-electron chi connectivity index (χ3n) is 2.97. The van der Waals surface area contributed by atoms with Crippen molar-refractivity contribution < 1.29 is 9.59 Å². The van der Waals surface area contributed by atoms with Gasteiger partial charge in [0.05, 0.1) is 0 Å². The second-order valence-corrected chi connectivity index (χ2v) is 4.26. The molecule has 0 aromatic heterocycles. The maximum Gasteiger partial charge on any atom is 0.319 e. The minimum atomic E-state index is 0.00968. The number of carbonyl (C=O) groups is 2. The van der Waals surface area contributed by atoms with E-state index in [0.29, 0.717) is 0 Å². The number of hydrogen-bond donors (Lipinski definition) is 1. The van der Waals surface area contributed by atoms with Crippen LogP contribution < -0.4 is 5.32 Å². The number of nitrogens with one attached hydrogen (secondary N) is 1. The third-order valence-corrected chi connectivity index (χ3v) is 2.97. The first-order chi connectivity index (χ1) is 7.54. The average Bonchev–Trinajstić information content (AvgIpc) is 2.27. The van der Waals surface area contributed by atoms with Crippen LogP contribution in [0.25, 0.3) is 0 Å². The van der Waals surface area contributed by atoms with Crippen LogP contribution in [0, 0.1) is 0 Å². The molecule has 0 bridgehead atoms. The molecule has 0 spiro atoms. The molecular formula is C11H21N3O2. The highest BCUT2D eigenvalue weighted by atomic mass is 16.2. The molecule has 1 fully saturated rings. The van der Waals surface area contributed by atoms with Crippen molar-refractivity contribution in [3.63, 3.8) is 0 Å². The molecule has 1 N–H and O–H groups in total. The van der Waals surface area contributed by atoms with E-state index in [0.717, 1.165) is 32.5 Å². The van der Waals surface area contributed by atoms with Crippen LogP contribution in [0.5, 0.6) is 0 Å². The zero-order valence-corrected chi connectivity index (χ0v) is 10.3. The first kappa shape index (κ1) is 12.8. The lowest BCUT2D eigenvalue weighted by Gasteiger charge is -2.34.